The highest BCUT2D eigenvalue weighted by atomic mass is 16.4. The van der Waals surface area contributed by atoms with Gasteiger partial charge in [0.05, 0.1) is 0 Å². The van der Waals surface area contributed by atoms with Crippen molar-refractivity contribution in [2.45, 2.75) is 18.9 Å². The van der Waals surface area contributed by atoms with Crippen molar-refractivity contribution in [1.29, 1.82) is 0 Å². The van der Waals surface area contributed by atoms with Gasteiger partial charge in [-0.2, -0.15) is 0 Å². The van der Waals surface area contributed by atoms with Gasteiger partial charge in [0.15, 0.2) is 0 Å². The third-order valence-electron chi connectivity index (χ3n) is 2.90. The molecular weight excluding hydrogens is 232 g/mol. The maximum atomic E-state index is 11.2. The summed E-state index contributed by atoms with van der Waals surface area (Å²) >= 11 is 0. The number of aryl methyl sites for hydroxylation is 1. The van der Waals surface area contributed by atoms with Gasteiger partial charge in [-0.25, -0.2) is 0 Å². The van der Waals surface area contributed by atoms with Crippen molar-refractivity contribution in [2.24, 2.45) is 5.73 Å². The van der Waals surface area contributed by atoms with Crippen LogP contribution in [0.4, 0.5) is 0 Å². The normalized spacial score (nSPS) is 12.5. The van der Waals surface area contributed by atoms with Crippen LogP contribution in [0.15, 0.2) is 35.1 Å². The molecule has 94 valence electrons. The average Bonchev–Trinajstić information content (AvgIpc) is 2.35. The lowest BCUT2D eigenvalue weighted by Gasteiger charge is -2.08. The van der Waals surface area contributed by atoms with Crippen LogP contribution >= 0.6 is 0 Å². The molecule has 0 radical (unpaired) electrons. The molecule has 0 amide bonds. The van der Waals surface area contributed by atoms with Crippen LogP contribution in [0, 0.1) is 0 Å². The fraction of sp³-hybridized carbons (Fsp3) is 0.231. The monoisotopic (exact) mass is 246 g/mol. The maximum absolute atomic E-state index is 11.2. The second-order valence-corrected chi connectivity index (χ2v) is 4.18. The summed E-state index contributed by atoms with van der Waals surface area (Å²) in [5.41, 5.74) is 7.06. The van der Waals surface area contributed by atoms with E-state index in [0.717, 1.165) is 16.5 Å². The molecular formula is C13H14N2O3. The Morgan fingerprint density at radius 3 is 2.83 bits per heavy atom. The van der Waals surface area contributed by atoms with Gasteiger partial charge < -0.3 is 15.8 Å². The number of nitrogens with two attached hydrogens (primary N) is 1. The number of carboxylic acids is 1. The van der Waals surface area contributed by atoms with Crippen LogP contribution in [-0.2, 0) is 11.2 Å². The fourth-order valence-corrected chi connectivity index (χ4v) is 1.90. The van der Waals surface area contributed by atoms with Gasteiger partial charge >= 0.3 is 5.97 Å². The second-order valence-electron chi connectivity index (χ2n) is 4.18. The van der Waals surface area contributed by atoms with Crippen LogP contribution in [-0.4, -0.2) is 22.1 Å². The van der Waals surface area contributed by atoms with Crippen LogP contribution < -0.4 is 11.3 Å². The topological polar surface area (TPSA) is 96.2 Å². The van der Waals surface area contributed by atoms with E-state index in [4.69, 9.17) is 10.8 Å². The number of benzene rings is 1. The van der Waals surface area contributed by atoms with Crippen molar-refractivity contribution in [3.05, 3.63) is 46.2 Å². The highest BCUT2D eigenvalue weighted by Gasteiger charge is 2.12. The number of H-pyrrole nitrogens is 1. The molecule has 1 atom stereocenters. The first-order chi connectivity index (χ1) is 8.58. The molecule has 0 aliphatic heterocycles. The molecule has 0 spiro atoms. The number of hydrogen-bond acceptors (Lipinski definition) is 3. The van der Waals surface area contributed by atoms with E-state index in [0.29, 0.717) is 12.8 Å². The number of aromatic nitrogens is 1. The van der Waals surface area contributed by atoms with E-state index < -0.39 is 12.0 Å². The Labute approximate surface area is 103 Å². The predicted octanol–water partition coefficient (Wildman–Crippen LogP) is 0.873. The Bertz CT molecular complexity index is 633. The van der Waals surface area contributed by atoms with Gasteiger partial charge in [0.2, 0.25) is 5.56 Å². The quantitative estimate of drug-likeness (QED) is 0.745. The fourth-order valence-electron chi connectivity index (χ4n) is 1.90. The van der Waals surface area contributed by atoms with Gasteiger partial charge in [0.25, 0.3) is 0 Å². The molecule has 0 aliphatic rings. The van der Waals surface area contributed by atoms with E-state index >= 15 is 0 Å². The lowest BCUT2D eigenvalue weighted by molar-refractivity contribution is -0.138. The highest BCUT2D eigenvalue weighted by molar-refractivity contribution is 5.82. The molecule has 1 heterocycles. The first-order valence-corrected chi connectivity index (χ1v) is 5.67. The van der Waals surface area contributed by atoms with Crippen molar-refractivity contribution in [1.82, 2.24) is 4.98 Å². The molecule has 0 unspecified atom stereocenters. The predicted molar refractivity (Wildman–Crippen MR) is 68.5 cm³/mol. The van der Waals surface area contributed by atoms with Crippen molar-refractivity contribution >= 4 is 16.9 Å². The number of hydrogen-bond donors (Lipinski definition) is 3. The Morgan fingerprint density at radius 2 is 2.11 bits per heavy atom. The Morgan fingerprint density at radius 1 is 1.33 bits per heavy atom. The summed E-state index contributed by atoms with van der Waals surface area (Å²) in [7, 11) is 0. The number of rotatable bonds is 4. The molecule has 1 aromatic carbocycles. The van der Waals surface area contributed by atoms with Crippen molar-refractivity contribution in [3.63, 3.8) is 0 Å². The molecule has 0 saturated carbocycles. The molecule has 0 bridgehead atoms. The summed E-state index contributed by atoms with van der Waals surface area (Å²) in [6.45, 7) is 0. The molecule has 1 aromatic heterocycles. The van der Waals surface area contributed by atoms with Crippen molar-refractivity contribution < 1.29 is 9.90 Å². The van der Waals surface area contributed by atoms with Crippen LogP contribution in [0.1, 0.15) is 12.0 Å². The molecule has 0 saturated heterocycles. The number of aromatic amines is 1. The molecule has 5 heteroatoms. The van der Waals surface area contributed by atoms with E-state index in [9.17, 15) is 9.59 Å². The van der Waals surface area contributed by atoms with Gasteiger partial charge in [-0.05, 0) is 30.5 Å². The lowest BCUT2D eigenvalue weighted by atomic mass is 10.0. The van der Waals surface area contributed by atoms with Crippen molar-refractivity contribution in [2.75, 3.05) is 0 Å². The SMILES string of the molecule is N[C@@H](CCc1cccc2[nH]c(=O)ccc12)C(=O)O. The van der Waals surface area contributed by atoms with Crippen molar-refractivity contribution in [3.8, 4) is 0 Å². The highest BCUT2D eigenvalue weighted by Crippen LogP contribution is 2.17. The van der Waals surface area contributed by atoms with Gasteiger partial charge in [-0.15, -0.1) is 0 Å². The minimum absolute atomic E-state index is 0.151. The second kappa shape index (κ2) is 5.01. The maximum Gasteiger partial charge on any atom is 0.320 e. The average molecular weight is 246 g/mol. The van der Waals surface area contributed by atoms with Gasteiger partial charge in [0.1, 0.15) is 6.04 Å². The third-order valence-corrected chi connectivity index (χ3v) is 2.90. The van der Waals surface area contributed by atoms with Crippen LogP contribution in [0.5, 0.6) is 0 Å². The molecule has 0 fully saturated rings. The number of aliphatic carboxylic acids is 1. The Balaban J connectivity index is 2.28. The number of carboxylic acid groups (broad SMARTS) is 1. The number of nitrogens with one attached hydrogen (secondary N) is 1. The number of fused-ring (bicyclic) bond motifs is 1. The zero-order valence-corrected chi connectivity index (χ0v) is 9.72. The third kappa shape index (κ3) is 2.57. The van der Waals surface area contributed by atoms with E-state index in [2.05, 4.69) is 4.98 Å². The van der Waals surface area contributed by atoms with E-state index in [1.54, 1.807) is 6.07 Å². The van der Waals surface area contributed by atoms with Crippen LogP contribution in [0.2, 0.25) is 0 Å². The van der Waals surface area contributed by atoms with E-state index in [-0.39, 0.29) is 5.56 Å². The largest absolute Gasteiger partial charge is 0.480 e. The van der Waals surface area contributed by atoms with Gasteiger partial charge in [0, 0.05) is 17.0 Å². The smallest absolute Gasteiger partial charge is 0.320 e. The summed E-state index contributed by atoms with van der Waals surface area (Å²) in [6, 6.07) is 7.91. The summed E-state index contributed by atoms with van der Waals surface area (Å²) in [5, 5.41) is 9.66. The standard InChI is InChI=1S/C13H14N2O3/c14-10(13(17)18)6-4-8-2-1-3-11-9(8)5-7-12(16)15-11/h1-3,5,7,10H,4,6,14H2,(H,15,16)(H,17,18)/t10-/m0/s1. The Hall–Kier alpha value is -2.14. The van der Waals surface area contributed by atoms with Crippen LogP contribution in [0.25, 0.3) is 10.9 Å². The summed E-state index contributed by atoms with van der Waals surface area (Å²) in [6.07, 6.45) is 0.935. The summed E-state index contributed by atoms with van der Waals surface area (Å²) in [4.78, 5) is 24.6. The van der Waals surface area contributed by atoms with Crippen LogP contribution in [0.3, 0.4) is 0 Å². The molecule has 4 N–H and O–H groups in total. The molecule has 5 nitrogen and oxygen atoms in total. The molecule has 2 rings (SSSR count). The Kier molecular flexibility index (Phi) is 3.43. The molecule has 18 heavy (non-hydrogen) atoms. The summed E-state index contributed by atoms with van der Waals surface area (Å²) < 4.78 is 0. The van der Waals surface area contributed by atoms with E-state index in [1.807, 2.05) is 18.2 Å². The summed E-state index contributed by atoms with van der Waals surface area (Å²) in [5.74, 6) is -0.997. The zero-order chi connectivity index (χ0) is 13.1. The number of carbonyl (C=O) groups is 1. The number of pyridine rings is 1. The van der Waals surface area contributed by atoms with E-state index in [1.165, 1.54) is 6.07 Å². The molecule has 0 aliphatic carbocycles. The molecule has 2 aromatic rings. The first kappa shape index (κ1) is 12.3. The first-order valence-electron chi connectivity index (χ1n) is 5.67. The zero-order valence-electron chi connectivity index (χ0n) is 9.72. The lowest BCUT2D eigenvalue weighted by Crippen LogP contribution is -2.30. The minimum Gasteiger partial charge on any atom is -0.480 e. The van der Waals surface area contributed by atoms with Gasteiger partial charge in [-0.1, -0.05) is 12.1 Å². The van der Waals surface area contributed by atoms with Gasteiger partial charge in [-0.3, -0.25) is 9.59 Å². The minimum atomic E-state index is -0.997.